The maximum atomic E-state index is 12.4. The molecule has 1 unspecified atom stereocenters. The zero-order valence-corrected chi connectivity index (χ0v) is 10.5. The molecule has 0 N–H and O–H groups in total. The van der Waals surface area contributed by atoms with Crippen LogP contribution in [0.1, 0.15) is 34.1 Å². The van der Waals surface area contributed by atoms with Crippen molar-refractivity contribution in [3.05, 3.63) is 58.7 Å². The fourth-order valence-corrected chi connectivity index (χ4v) is 2.61. The highest BCUT2D eigenvalue weighted by molar-refractivity contribution is 6.38. The number of hydrogen-bond acceptors (Lipinski definition) is 3. The Hall–Kier alpha value is -2.29. The molecule has 3 heteroatoms. The van der Waals surface area contributed by atoms with Gasteiger partial charge in [-0.25, -0.2) is 0 Å². The summed E-state index contributed by atoms with van der Waals surface area (Å²) in [5.74, 6) is -1.07. The maximum Gasteiger partial charge on any atom is 0.198 e. The van der Waals surface area contributed by atoms with Crippen molar-refractivity contribution in [2.24, 2.45) is 5.92 Å². The van der Waals surface area contributed by atoms with Crippen LogP contribution in [-0.2, 0) is 4.79 Å². The van der Waals surface area contributed by atoms with E-state index in [1.807, 2.05) is 6.92 Å². The molecule has 2 aliphatic rings. The Morgan fingerprint density at radius 1 is 1.00 bits per heavy atom. The van der Waals surface area contributed by atoms with Crippen molar-refractivity contribution in [3.8, 4) is 0 Å². The number of carbonyl (C=O) groups excluding carboxylic acids is 3. The van der Waals surface area contributed by atoms with Crippen molar-refractivity contribution in [2.45, 2.75) is 13.3 Å². The van der Waals surface area contributed by atoms with Gasteiger partial charge in [0.25, 0.3) is 0 Å². The summed E-state index contributed by atoms with van der Waals surface area (Å²) >= 11 is 0. The quantitative estimate of drug-likeness (QED) is 0.722. The third kappa shape index (κ3) is 1.55. The van der Waals surface area contributed by atoms with Gasteiger partial charge in [-0.3, -0.25) is 14.4 Å². The molecular formula is C16H12O3. The lowest BCUT2D eigenvalue weighted by Gasteiger charge is -2.23. The molecule has 1 aromatic carbocycles. The number of Topliss-reactive ketones (excluding diaryl/α,β-unsaturated/α-hetero) is 3. The molecule has 0 aromatic heterocycles. The second-order valence-corrected chi connectivity index (χ2v) is 4.73. The van der Waals surface area contributed by atoms with Crippen LogP contribution in [0.2, 0.25) is 0 Å². The molecule has 0 amide bonds. The van der Waals surface area contributed by atoms with E-state index in [1.54, 1.807) is 36.4 Å². The van der Waals surface area contributed by atoms with E-state index >= 15 is 0 Å². The first kappa shape index (κ1) is 11.8. The number of rotatable bonds is 1. The second-order valence-electron chi connectivity index (χ2n) is 4.73. The molecule has 2 aliphatic carbocycles. The van der Waals surface area contributed by atoms with Crippen LogP contribution < -0.4 is 0 Å². The predicted octanol–water partition coefficient (Wildman–Crippen LogP) is 2.53. The van der Waals surface area contributed by atoms with E-state index in [0.717, 1.165) is 0 Å². The molecule has 0 saturated heterocycles. The number of allylic oxidation sites excluding steroid dienone is 4. The van der Waals surface area contributed by atoms with Crippen LogP contribution in [0.4, 0.5) is 0 Å². The average molecular weight is 252 g/mol. The Balaban J connectivity index is 2.21. The van der Waals surface area contributed by atoms with Crippen LogP contribution in [0, 0.1) is 5.92 Å². The lowest BCUT2D eigenvalue weighted by atomic mass is 9.76. The number of hydrogen-bond donors (Lipinski definition) is 0. The molecule has 0 bridgehead atoms. The first-order chi connectivity index (χ1) is 9.15. The molecule has 0 heterocycles. The van der Waals surface area contributed by atoms with E-state index in [-0.39, 0.29) is 34.4 Å². The van der Waals surface area contributed by atoms with Crippen LogP contribution >= 0.6 is 0 Å². The van der Waals surface area contributed by atoms with Crippen LogP contribution in [0.25, 0.3) is 0 Å². The van der Waals surface area contributed by atoms with Crippen molar-refractivity contribution < 1.29 is 14.4 Å². The molecular weight excluding hydrogens is 240 g/mol. The minimum Gasteiger partial charge on any atom is -0.293 e. The van der Waals surface area contributed by atoms with Gasteiger partial charge < -0.3 is 0 Å². The molecule has 3 rings (SSSR count). The van der Waals surface area contributed by atoms with Crippen molar-refractivity contribution in [3.63, 3.8) is 0 Å². The zero-order valence-electron chi connectivity index (χ0n) is 10.5. The average Bonchev–Trinajstić information content (AvgIpc) is 2.44. The van der Waals surface area contributed by atoms with Crippen LogP contribution in [0.15, 0.2) is 47.6 Å². The van der Waals surface area contributed by atoms with Crippen LogP contribution in [0.5, 0.6) is 0 Å². The van der Waals surface area contributed by atoms with Gasteiger partial charge in [0.15, 0.2) is 17.3 Å². The fraction of sp³-hybridized carbons (Fsp3) is 0.188. The van der Waals surface area contributed by atoms with E-state index in [1.165, 1.54) is 0 Å². The molecule has 0 spiro atoms. The molecule has 0 fully saturated rings. The highest BCUT2D eigenvalue weighted by Gasteiger charge is 2.38. The summed E-state index contributed by atoms with van der Waals surface area (Å²) < 4.78 is 0. The van der Waals surface area contributed by atoms with Crippen LogP contribution in [-0.4, -0.2) is 17.3 Å². The van der Waals surface area contributed by atoms with Gasteiger partial charge in [-0.1, -0.05) is 43.3 Å². The largest absolute Gasteiger partial charge is 0.293 e. The topological polar surface area (TPSA) is 51.2 Å². The first-order valence-corrected chi connectivity index (χ1v) is 6.30. The SMILES string of the molecule is CCC1C=CC2=C(C(=O)c3ccccc3C2=O)C1=O. The summed E-state index contributed by atoms with van der Waals surface area (Å²) in [5.41, 5.74) is 1.04. The van der Waals surface area contributed by atoms with E-state index in [4.69, 9.17) is 0 Å². The van der Waals surface area contributed by atoms with Gasteiger partial charge in [-0.05, 0) is 6.42 Å². The van der Waals surface area contributed by atoms with Crippen molar-refractivity contribution in [1.82, 2.24) is 0 Å². The Bertz CT molecular complexity index is 677. The van der Waals surface area contributed by atoms with Gasteiger partial charge in [-0.2, -0.15) is 0 Å². The number of carbonyl (C=O) groups is 3. The molecule has 19 heavy (non-hydrogen) atoms. The van der Waals surface area contributed by atoms with E-state index in [9.17, 15) is 14.4 Å². The molecule has 1 aromatic rings. The van der Waals surface area contributed by atoms with Crippen molar-refractivity contribution in [2.75, 3.05) is 0 Å². The highest BCUT2D eigenvalue weighted by Crippen LogP contribution is 2.32. The summed E-state index contributed by atoms with van der Waals surface area (Å²) in [7, 11) is 0. The number of fused-ring (bicyclic) bond motifs is 1. The Morgan fingerprint density at radius 3 is 2.26 bits per heavy atom. The summed E-state index contributed by atoms with van der Waals surface area (Å²) in [4.78, 5) is 37.0. The second kappa shape index (κ2) is 4.12. The highest BCUT2D eigenvalue weighted by atomic mass is 16.2. The lowest BCUT2D eigenvalue weighted by molar-refractivity contribution is -0.117. The van der Waals surface area contributed by atoms with Crippen molar-refractivity contribution >= 4 is 17.3 Å². The van der Waals surface area contributed by atoms with E-state index in [0.29, 0.717) is 17.5 Å². The van der Waals surface area contributed by atoms with Crippen LogP contribution in [0.3, 0.4) is 0 Å². The third-order valence-electron chi connectivity index (χ3n) is 3.68. The van der Waals surface area contributed by atoms with Gasteiger partial charge in [-0.15, -0.1) is 0 Å². The summed E-state index contributed by atoms with van der Waals surface area (Å²) in [6.07, 6.45) is 3.98. The summed E-state index contributed by atoms with van der Waals surface area (Å²) in [6.45, 7) is 1.89. The minimum absolute atomic E-state index is 0.0676. The van der Waals surface area contributed by atoms with Crippen molar-refractivity contribution in [1.29, 1.82) is 0 Å². The predicted molar refractivity (Wildman–Crippen MR) is 70.1 cm³/mol. The lowest BCUT2D eigenvalue weighted by Crippen LogP contribution is -2.31. The van der Waals surface area contributed by atoms with Gasteiger partial charge in [0, 0.05) is 22.6 Å². The zero-order chi connectivity index (χ0) is 13.6. The van der Waals surface area contributed by atoms with Gasteiger partial charge in [0.2, 0.25) is 0 Å². The molecule has 0 radical (unpaired) electrons. The molecule has 94 valence electrons. The Kier molecular flexibility index (Phi) is 2.56. The fourth-order valence-electron chi connectivity index (χ4n) is 2.61. The normalized spacial score (nSPS) is 21.5. The maximum absolute atomic E-state index is 12.4. The molecule has 1 atom stereocenters. The molecule has 0 aliphatic heterocycles. The minimum atomic E-state index is -0.321. The third-order valence-corrected chi connectivity index (χ3v) is 3.68. The summed E-state index contributed by atoms with van der Waals surface area (Å²) in [6, 6.07) is 6.66. The molecule has 3 nitrogen and oxygen atoms in total. The Labute approximate surface area is 110 Å². The van der Waals surface area contributed by atoms with Gasteiger partial charge >= 0.3 is 0 Å². The number of benzene rings is 1. The Morgan fingerprint density at radius 2 is 1.63 bits per heavy atom. The standard InChI is InChI=1S/C16H12O3/c1-2-9-7-8-12-13(14(9)17)16(19)11-6-4-3-5-10(11)15(12)18/h3-9H,2H2,1H3. The van der Waals surface area contributed by atoms with Gasteiger partial charge in [0.1, 0.15) is 0 Å². The number of ketones is 3. The van der Waals surface area contributed by atoms with Gasteiger partial charge in [0.05, 0.1) is 5.57 Å². The van der Waals surface area contributed by atoms with E-state index < -0.39 is 0 Å². The first-order valence-electron chi connectivity index (χ1n) is 6.30. The molecule has 0 saturated carbocycles. The smallest absolute Gasteiger partial charge is 0.198 e. The van der Waals surface area contributed by atoms with E-state index in [2.05, 4.69) is 0 Å². The monoisotopic (exact) mass is 252 g/mol. The summed E-state index contributed by atoms with van der Waals surface area (Å²) in [5, 5.41) is 0.